The molecule has 2 aliphatic heterocycles. The van der Waals surface area contributed by atoms with E-state index in [1.807, 2.05) is 0 Å². The Morgan fingerprint density at radius 1 is 0.577 bits per heavy atom. The molecule has 0 unspecified atom stereocenters. The third-order valence-electron chi connectivity index (χ3n) is 11.5. The van der Waals surface area contributed by atoms with Gasteiger partial charge in [-0.25, -0.2) is 0 Å². The molecule has 2 saturated heterocycles. The number of anilines is 2. The number of hydrogen-bond donors (Lipinski definition) is 3. The van der Waals surface area contributed by atoms with Crippen LogP contribution in [-0.4, -0.2) is 75.4 Å². The maximum atomic E-state index is 5.50. The molecule has 3 heterocycles. The summed E-state index contributed by atoms with van der Waals surface area (Å²) in [5.74, 6) is 3.30. The summed E-state index contributed by atoms with van der Waals surface area (Å²) in [7, 11) is 0. The summed E-state index contributed by atoms with van der Waals surface area (Å²) in [4.78, 5) is 21.5. The number of hydrogen-bond acceptors (Lipinski definition) is 8. The molecular weight excluding hydrogens is 641 g/mol. The van der Waals surface area contributed by atoms with E-state index in [0.29, 0.717) is 18.0 Å². The fourth-order valence-corrected chi connectivity index (χ4v) is 9.60. The Bertz CT molecular complexity index is 1060. The molecule has 0 aromatic carbocycles. The minimum atomic E-state index is 0.0475. The van der Waals surface area contributed by atoms with E-state index in [-0.39, 0.29) is 22.2 Å². The summed E-state index contributed by atoms with van der Waals surface area (Å²) >= 11 is 0. The molecule has 0 radical (unpaired) electrons. The van der Waals surface area contributed by atoms with Gasteiger partial charge in [-0.3, -0.25) is 0 Å². The van der Waals surface area contributed by atoms with Gasteiger partial charge in [0, 0.05) is 59.8 Å². The van der Waals surface area contributed by atoms with Gasteiger partial charge in [0.15, 0.2) is 0 Å². The number of piperidine rings is 2. The highest BCUT2D eigenvalue weighted by Crippen LogP contribution is 2.35. The Morgan fingerprint density at radius 3 is 1.58 bits per heavy atom. The lowest BCUT2D eigenvalue weighted by Gasteiger charge is -2.49. The number of nitrogens with zero attached hydrogens (tertiary/aromatic N) is 5. The van der Waals surface area contributed by atoms with E-state index in [9.17, 15) is 0 Å². The first kappa shape index (κ1) is 44.9. The maximum absolute atomic E-state index is 5.50. The molecule has 0 aliphatic carbocycles. The van der Waals surface area contributed by atoms with Gasteiger partial charge in [-0.05, 0) is 126 Å². The molecule has 8 nitrogen and oxygen atoms in total. The molecule has 0 bridgehead atoms. The van der Waals surface area contributed by atoms with Crippen LogP contribution in [0.4, 0.5) is 11.9 Å². The molecule has 1 aromatic heterocycles. The lowest BCUT2D eigenvalue weighted by Crippen LogP contribution is -2.62. The molecule has 2 aliphatic rings. The van der Waals surface area contributed by atoms with Gasteiger partial charge >= 0.3 is 0 Å². The van der Waals surface area contributed by atoms with Crippen molar-refractivity contribution in [3.05, 3.63) is 5.82 Å². The molecule has 1 aromatic rings. The SMILES string of the molecule is CCCCC(CCCC)c1nc(N(CCCC)CCCC)nc(N(CCCCCCNC2CC(C)(C)NC(C)(C)C2)C2CC(C)(C)NC(C)(C)C2)n1. The lowest BCUT2D eigenvalue weighted by molar-refractivity contribution is 0.146. The Kier molecular flexibility index (Phi) is 18.1. The average molecular weight is 727 g/mol. The predicted octanol–water partition coefficient (Wildman–Crippen LogP) is 10.3. The van der Waals surface area contributed by atoms with Gasteiger partial charge in [0.05, 0.1) is 0 Å². The van der Waals surface area contributed by atoms with Crippen LogP contribution in [0.1, 0.15) is 210 Å². The second kappa shape index (κ2) is 21.0. The van der Waals surface area contributed by atoms with Crippen molar-refractivity contribution in [3.8, 4) is 0 Å². The zero-order chi connectivity index (χ0) is 38.4. The highest BCUT2D eigenvalue weighted by molar-refractivity contribution is 5.41. The normalized spacial score (nSPS) is 20.0. The smallest absolute Gasteiger partial charge is 0.230 e. The fourth-order valence-electron chi connectivity index (χ4n) is 9.60. The summed E-state index contributed by atoms with van der Waals surface area (Å²) in [6.45, 7) is 32.3. The van der Waals surface area contributed by atoms with Crippen LogP contribution in [-0.2, 0) is 0 Å². The first-order valence-electron chi connectivity index (χ1n) is 22.1. The van der Waals surface area contributed by atoms with Crippen molar-refractivity contribution in [1.29, 1.82) is 0 Å². The van der Waals surface area contributed by atoms with Crippen molar-refractivity contribution >= 4 is 11.9 Å². The maximum Gasteiger partial charge on any atom is 0.230 e. The largest absolute Gasteiger partial charge is 0.341 e. The number of nitrogens with one attached hydrogen (secondary N) is 3. The van der Waals surface area contributed by atoms with Gasteiger partial charge in [0.2, 0.25) is 11.9 Å². The summed E-state index contributed by atoms with van der Waals surface area (Å²) in [6.07, 6.45) is 21.3. The van der Waals surface area contributed by atoms with Crippen molar-refractivity contribution in [2.45, 2.75) is 239 Å². The van der Waals surface area contributed by atoms with Crippen molar-refractivity contribution in [2.75, 3.05) is 36.0 Å². The number of rotatable bonds is 24. The van der Waals surface area contributed by atoms with Crippen LogP contribution in [0.15, 0.2) is 0 Å². The summed E-state index contributed by atoms with van der Waals surface area (Å²) in [6, 6.07) is 0.973. The second-order valence-electron chi connectivity index (χ2n) is 19.5. The molecule has 52 heavy (non-hydrogen) atoms. The molecule has 0 spiro atoms. The highest BCUT2D eigenvalue weighted by atomic mass is 15.4. The van der Waals surface area contributed by atoms with E-state index in [2.05, 4.69) is 109 Å². The van der Waals surface area contributed by atoms with Crippen molar-refractivity contribution in [2.24, 2.45) is 0 Å². The first-order chi connectivity index (χ1) is 24.5. The highest BCUT2D eigenvalue weighted by Gasteiger charge is 2.41. The molecule has 0 amide bonds. The van der Waals surface area contributed by atoms with Crippen molar-refractivity contribution in [1.82, 2.24) is 30.9 Å². The van der Waals surface area contributed by atoms with E-state index < -0.39 is 0 Å². The third kappa shape index (κ3) is 15.3. The predicted molar refractivity (Wildman–Crippen MR) is 226 cm³/mol. The van der Waals surface area contributed by atoms with Crippen LogP contribution in [0.25, 0.3) is 0 Å². The topological polar surface area (TPSA) is 81.2 Å². The van der Waals surface area contributed by atoms with E-state index in [1.54, 1.807) is 0 Å². The van der Waals surface area contributed by atoms with Gasteiger partial charge in [-0.1, -0.05) is 79.1 Å². The molecule has 0 atom stereocenters. The van der Waals surface area contributed by atoms with Crippen molar-refractivity contribution < 1.29 is 0 Å². The van der Waals surface area contributed by atoms with E-state index in [1.165, 1.54) is 77.0 Å². The minimum absolute atomic E-state index is 0.0475. The quantitative estimate of drug-likeness (QED) is 0.0909. The van der Waals surface area contributed by atoms with Crippen molar-refractivity contribution in [3.63, 3.8) is 0 Å². The van der Waals surface area contributed by atoms with Gasteiger partial charge in [-0.15, -0.1) is 0 Å². The zero-order valence-electron chi connectivity index (χ0n) is 36.5. The van der Waals surface area contributed by atoms with Crippen LogP contribution >= 0.6 is 0 Å². The van der Waals surface area contributed by atoms with Crippen LogP contribution in [0.2, 0.25) is 0 Å². The number of unbranched alkanes of at least 4 members (excludes halogenated alkanes) is 7. The van der Waals surface area contributed by atoms with Crippen LogP contribution in [0, 0.1) is 0 Å². The Balaban J connectivity index is 1.88. The molecule has 3 rings (SSSR count). The zero-order valence-corrected chi connectivity index (χ0v) is 36.5. The third-order valence-corrected chi connectivity index (χ3v) is 11.5. The van der Waals surface area contributed by atoms with E-state index in [0.717, 1.165) is 82.4 Å². The molecule has 2 fully saturated rings. The standard InChI is InChI=1S/C44H86N8/c1-13-17-25-35(26-18-14-2)38-46-39(51(28-19-15-3)29-20-16-4)48-40(47-38)52(37-33-43(9,10)50-44(11,12)34-37)30-24-22-21-23-27-45-36-31-41(5,6)49-42(7,8)32-36/h35-37,45,49-50H,13-34H2,1-12H3. The van der Waals surface area contributed by atoms with Gasteiger partial charge in [0.25, 0.3) is 0 Å². The van der Waals surface area contributed by atoms with E-state index in [4.69, 9.17) is 15.0 Å². The average Bonchev–Trinajstić information content (AvgIpc) is 3.03. The minimum Gasteiger partial charge on any atom is -0.341 e. The van der Waals surface area contributed by atoms with Crippen LogP contribution in [0.5, 0.6) is 0 Å². The van der Waals surface area contributed by atoms with Crippen LogP contribution < -0.4 is 25.8 Å². The Morgan fingerprint density at radius 2 is 1.06 bits per heavy atom. The Hall–Kier alpha value is -1.51. The molecule has 8 heteroatoms. The summed E-state index contributed by atoms with van der Waals surface area (Å²) < 4.78 is 0. The van der Waals surface area contributed by atoms with Gasteiger partial charge in [0.1, 0.15) is 5.82 Å². The Labute approximate surface area is 322 Å². The second-order valence-corrected chi connectivity index (χ2v) is 19.5. The number of aromatic nitrogens is 3. The molecule has 0 saturated carbocycles. The summed E-state index contributed by atoms with van der Waals surface area (Å²) in [5.41, 5.74) is 0.465. The fraction of sp³-hybridized carbons (Fsp3) is 0.932. The van der Waals surface area contributed by atoms with Gasteiger partial charge < -0.3 is 25.8 Å². The molecular formula is C44H86N8. The molecule has 302 valence electrons. The molecule has 3 N–H and O–H groups in total. The first-order valence-corrected chi connectivity index (χ1v) is 22.1. The lowest BCUT2D eigenvalue weighted by atomic mass is 9.79. The van der Waals surface area contributed by atoms with Crippen LogP contribution in [0.3, 0.4) is 0 Å². The monoisotopic (exact) mass is 727 g/mol. The van der Waals surface area contributed by atoms with Gasteiger partial charge in [-0.2, -0.15) is 15.0 Å². The summed E-state index contributed by atoms with van der Waals surface area (Å²) in [5, 5.41) is 11.7. The van der Waals surface area contributed by atoms with E-state index >= 15 is 0 Å².